The summed E-state index contributed by atoms with van der Waals surface area (Å²) >= 11 is 0. The van der Waals surface area contributed by atoms with Crippen molar-refractivity contribution >= 4 is 15.8 Å². The van der Waals surface area contributed by atoms with Gasteiger partial charge in [0.25, 0.3) is 0 Å². The van der Waals surface area contributed by atoms with E-state index < -0.39 is 15.6 Å². The number of rotatable bonds is 8. The quantitative estimate of drug-likeness (QED) is 0.676. The summed E-state index contributed by atoms with van der Waals surface area (Å²) in [5, 5.41) is 3.34. The molecule has 1 heterocycles. The van der Waals surface area contributed by atoms with E-state index in [1.807, 2.05) is 6.07 Å². The van der Waals surface area contributed by atoms with Gasteiger partial charge >= 0.3 is 0 Å². The van der Waals surface area contributed by atoms with Gasteiger partial charge < -0.3 is 10.1 Å². The molecule has 0 radical (unpaired) electrons. The minimum absolute atomic E-state index is 0.00980. The Kier molecular flexibility index (Phi) is 6.06. The molecule has 2 N–H and O–H groups in total. The lowest BCUT2D eigenvalue weighted by atomic mass is 9.99. The van der Waals surface area contributed by atoms with Crippen LogP contribution in [-0.4, -0.2) is 46.5 Å². The summed E-state index contributed by atoms with van der Waals surface area (Å²) in [7, 11) is -2.25. The number of ether oxygens (including phenoxy) is 1. The van der Waals surface area contributed by atoms with Gasteiger partial charge in [0.2, 0.25) is 10.0 Å². The molecule has 7 heteroatoms. The SMILES string of the molecule is COCC1(CNS(=O)(=O)c2ccccc2C(=O)c2ccccc2)CCCN1. The van der Waals surface area contributed by atoms with E-state index >= 15 is 0 Å². The van der Waals surface area contributed by atoms with Crippen molar-refractivity contribution in [3.63, 3.8) is 0 Å². The Bertz CT molecular complexity index is 891. The lowest BCUT2D eigenvalue weighted by Crippen LogP contribution is -2.53. The van der Waals surface area contributed by atoms with Crippen LogP contribution in [0.5, 0.6) is 0 Å². The number of carbonyl (C=O) groups is 1. The number of hydrogen-bond acceptors (Lipinski definition) is 5. The van der Waals surface area contributed by atoms with Crippen LogP contribution in [0.3, 0.4) is 0 Å². The number of benzene rings is 2. The van der Waals surface area contributed by atoms with Crippen LogP contribution in [0, 0.1) is 0 Å². The maximum absolute atomic E-state index is 13.0. The first kappa shape index (κ1) is 19.7. The molecule has 3 rings (SSSR count). The normalized spacial score (nSPS) is 19.9. The summed E-state index contributed by atoms with van der Waals surface area (Å²) in [5.74, 6) is -0.317. The van der Waals surface area contributed by atoms with E-state index in [1.54, 1.807) is 49.6 Å². The third kappa shape index (κ3) is 4.44. The van der Waals surface area contributed by atoms with Crippen molar-refractivity contribution < 1.29 is 17.9 Å². The number of nitrogens with one attached hydrogen (secondary N) is 2. The van der Waals surface area contributed by atoms with Crippen LogP contribution >= 0.6 is 0 Å². The Morgan fingerprint density at radius 3 is 2.52 bits per heavy atom. The predicted molar refractivity (Wildman–Crippen MR) is 103 cm³/mol. The first-order valence-corrected chi connectivity index (χ1v) is 10.4. The molecule has 1 atom stereocenters. The van der Waals surface area contributed by atoms with Crippen molar-refractivity contribution in [2.45, 2.75) is 23.3 Å². The maximum Gasteiger partial charge on any atom is 0.241 e. The number of hydrogen-bond donors (Lipinski definition) is 2. The average Bonchev–Trinajstić information content (AvgIpc) is 3.16. The van der Waals surface area contributed by atoms with Gasteiger partial charge in [0.05, 0.1) is 17.0 Å². The highest BCUT2D eigenvalue weighted by molar-refractivity contribution is 7.89. The van der Waals surface area contributed by atoms with Crippen LogP contribution in [0.2, 0.25) is 0 Å². The molecule has 0 aromatic heterocycles. The number of ketones is 1. The fourth-order valence-corrected chi connectivity index (χ4v) is 4.74. The van der Waals surface area contributed by atoms with Gasteiger partial charge in [-0.3, -0.25) is 4.79 Å². The number of sulfonamides is 1. The van der Waals surface area contributed by atoms with Gasteiger partial charge in [0.15, 0.2) is 5.78 Å². The largest absolute Gasteiger partial charge is 0.383 e. The van der Waals surface area contributed by atoms with Gasteiger partial charge in [-0.25, -0.2) is 13.1 Å². The monoisotopic (exact) mass is 388 g/mol. The average molecular weight is 388 g/mol. The molecule has 1 unspecified atom stereocenters. The van der Waals surface area contributed by atoms with Crippen LogP contribution in [0.15, 0.2) is 59.5 Å². The van der Waals surface area contributed by atoms with E-state index in [0.717, 1.165) is 19.4 Å². The van der Waals surface area contributed by atoms with Crippen LogP contribution in [0.1, 0.15) is 28.8 Å². The van der Waals surface area contributed by atoms with Crippen LogP contribution in [0.4, 0.5) is 0 Å². The highest BCUT2D eigenvalue weighted by atomic mass is 32.2. The molecule has 27 heavy (non-hydrogen) atoms. The highest BCUT2D eigenvalue weighted by Crippen LogP contribution is 2.22. The Balaban J connectivity index is 1.86. The fourth-order valence-electron chi connectivity index (χ4n) is 3.41. The first-order valence-electron chi connectivity index (χ1n) is 8.90. The summed E-state index contributed by atoms with van der Waals surface area (Å²) in [6, 6.07) is 15.0. The van der Waals surface area contributed by atoms with Crippen molar-refractivity contribution in [2.75, 3.05) is 26.8 Å². The van der Waals surface area contributed by atoms with E-state index in [0.29, 0.717) is 12.2 Å². The minimum atomic E-state index is -3.85. The van der Waals surface area contributed by atoms with Crippen molar-refractivity contribution in [1.82, 2.24) is 10.0 Å². The second-order valence-corrected chi connectivity index (χ2v) is 8.49. The van der Waals surface area contributed by atoms with Crippen molar-refractivity contribution in [3.05, 3.63) is 65.7 Å². The summed E-state index contributed by atoms with van der Waals surface area (Å²) in [5.41, 5.74) is 0.199. The second kappa shape index (κ2) is 8.31. The third-order valence-corrected chi connectivity index (χ3v) is 6.27. The molecule has 1 aliphatic heterocycles. The second-order valence-electron chi connectivity index (χ2n) is 6.76. The fraction of sp³-hybridized carbons (Fsp3) is 0.350. The molecular formula is C20H24N2O4S. The maximum atomic E-state index is 13.0. The Morgan fingerprint density at radius 2 is 1.85 bits per heavy atom. The summed E-state index contributed by atoms with van der Waals surface area (Å²) in [6.07, 6.45) is 1.79. The van der Waals surface area contributed by atoms with Crippen LogP contribution in [-0.2, 0) is 14.8 Å². The molecule has 2 aromatic rings. The van der Waals surface area contributed by atoms with Gasteiger partial charge in [-0.1, -0.05) is 42.5 Å². The highest BCUT2D eigenvalue weighted by Gasteiger charge is 2.35. The Morgan fingerprint density at radius 1 is 1.15 bits per heavy atom. The zero-order chi connectivity index (χ0) is 19.3. The van der Waals surface area contributed by atoms with Gasteiger partial charge in [-0.2, -0.15) is 0 Å². The van der Waals surface area contributed by atoms with Crippen molar-refractivity contribution in [3.8, 4) is 0 Å². The van der Waals surface area contributed by atoms with Gasteiger partial charge in [0, 0.05) is 24.8 Å². The van der Waals surface area contributed by atoms with E-state index in [4.69, 9.17) is 4.74 Å². The smallest absolute Gasteiger partial charge is 0.241 e. The Hall–Kier alpha value is -2.06. The first-order chi connectivity index (χ1) is 13.0. The molecule has 0 saturated carbocycles. The zero-order valence-electron chi connectivity index (χ0n) is 15.3. The van der Waals surface area contributed by atoms with Gasteiger partial charge in [0.1, 0.15) is 0 Å². The van der Waals surface area contributed by atoms with Crippen LogP contribution < -0.4 is 10.0 Å². The van der Waals surface area contributed by atoms with E-state index in [2.05, 4.69) is 10.0 Å². The summed E-state index contributed by atoms with van der Waals surface area (Å²) in [4.78, 5) is 12.8. The topological polar surface area (TPSA) is 84.5 Å². The lowest BCUT2D eigenvalue weighted by Gasteiger charge is -2.29. The lowest BCUT2D eigenvalue weighted by molar-refractivity contribution is 0.103. The van der Waals surface area contributed by atoms with Crippen molar-refractivity contribution in [1.29, 1.82) is 0 Å². The molecule has 1 saturated heterocycles. The van der Waals surface area contributed by atoms with Crippen molar-refractivity contribution in [2.24, 2.45) is 0 Å². The predicted octanol–water partition coefficient (Wildman–Crippen LogP) is 1.96. The summed E-state index contributed by atoms with van der Waals surface area (Å²) in [6.45, 7) is 1.45. The van der Waals surface area contributed by atoms with E-state index in [9.17, 15) is 13.2 Å². The van der Waals surface area contributed by atoms with Gasteiger partial charge in [-0.05, 0) is 31.5 Å². The third-order valence-electron chi connectivity index (χ3n) is 4.81. The molecule has 0 aliphatic carbocycles. The molecule has 0 spiro atoms. The van der Waals surface area contributed by atoms with Crippen LogP contribution in [0.25, 0.3) is 0 Å². The van der Waals surface area contributed by atoms with E-state index in [1.165, 1.54) is 6.07 Å². The number of methoxy groups -OCH3 is 1. The molecular weight excluding hydrogens is 364 g/mol. The Labute approximate surface area is 160 Å². The standard InChI is InChI=1S/C20H24N2O4S/c1-26-15-20(12-7-13-21-20)14-22-27(24,25)18-11-6-5-10-17(18)19(23)16-8-3-2-4-9-16/h2-6,8-11,21-22H,7,12-15H2,1H3. The minimum Gasteiger partial charge on any atom is -0.383 e. The zero-order valence-corrected chi connectivity index (χ0v) is 16.1. The molecule has 1 fully saturated rings. The molecule has 144 valence electrons. The van der Waals surface area contributed by atoms with E-state index in [-0.39, 0.29) is 22.8 Å². The molecule has 1 aliphatic rings. The molecule has 0 amide bonds. The molecule has 2 aromatic carbocycles. The molecule has 6 nitrogen and oxygen atoms in total. The van der Waals surface area contributed by atoms with Gasteiger partial charge in [-0.15, -0.1) is 0 Å². The summed E-state index contributed by atoms with van der Waals surface area (Å²) < 4.78 is 33.9. The number of carbonyl (C=O) groups excluding carboxylic acids is 1. The molecule has 0 bridgehead atoms.